The van der Waals surface area contributed by atoms with Crippen molar-refractivity contribution in [3.63, 3.8) is 0 Å². The minimum absolute atomic E-state index is 0.00651. The van der Waals surface area contributed by atoms with Crippen molar-refractivity contribution in [2.75, 3.05) is 18.4 Å². The number of hydrogen-bond acceptors (Lipinski definition) is 3. The highest BCUT2D eigenvalue weighted by Crippen LogP contribution is 2.39. The van der Waals surface area contributed by atoms with E-state index in [-0.39, 0.29) is 30.2 Å². The maximum Gasteiger partial charge on any atom is 0.311 e. The first-order valence-electron chi connectivity index (χ1n) is 9.18. The second-order valence-electron chi connectivity index (χ2n) is 7.98. The van der Waals surface area contributed by atoms with Crippen LogP contribution in [0.4, 0.5) is 5.69 Å². The van der Waals surface area contributed by atoms with Gasteiger partial charge in [-0.2, -0.15) is 0 Å². The Bertz CT molecular complexity index is 745. The van der Waals surface area contributed by atoms with Crippen LogP contribution in [-0.4, -0.2) is 40.9 Å². The molecule has 0 radical (unpaired) electrons. The van der Waals surface area contributed by atoms with Gasteiger partial charge in [0.1, 0.15) is 0 Å². The molecule has 1 heterocycles. The van der Waals surface area contributed by atoms with Crippen LogP contribution in [0.1, 0.15) is 44.0 Å². The number of likely N-dealkylation sites (tertiary alicyclic amines) is 1. The van der Waals surface area contributed by atoms with Crippen molar-refractivity contribution >= 4 is 23.5 Å². The lowest BCUT2D eigenvalue weighted by Crippen LogP contribution is -2.40. The molecule has 26 heavy (non-hydrogen) atoms. The van der Waals surface area contributed by atoms with Crippen LogP contribution in [-0.2, 0) is 9.59 Å². The van der Waals surface area contributed by atoms with Crippen LogP contribution in [0.15, 0.2) is 24.3 Å². The molecule has 2 N–H and O–H groups in total. The molecule has 3 rings (SSSR count). The van der Waals surface area contributed by atoms with E-state index in [1.54, 1.807) is 29.2 Å². The van der Waals surface area contributed by atoms with Crippen molar-refractivity contribution in [1.29, 1.82) is 0 Å². The molecule has 1 aliphatic heterocycles. The number of amides is 2. The van der Waals surface area contributed by atoms with Gasteiger partial charge in [-0.25, -0.2) is 0 Å². The molecule has 3 unspecified atom stereocenters. The lowest BCUT2D eigenvalue weighted by molar-refractivity contribution is -0.150. The number of benzene rings is 1. The van der Waals surface area contributed by atoms with Crippen LogP contribution in [0.5, 0.6) is 0 Å². The quantitative estimate of drug-likeness (QED) is 0.847. The Kier molecular flexibility index (Phi) is 4.78. The van der Waals surface area contributed by atoms with E-state index in [2.05, 4.69) is 5.32 Å². The molecule has 1 aromatic carbocycles. The predicted molar refractivity (Wildman–Crippen MR) is 97.8 cm³/mol. The van der Waals surface area contributed by atoms with Gasteiger partial charge in [0.25, 0.3) is 5.91 Å². The normalized spacial score (nSPS) is 27.5. The summed E-state index contributed by atoms with van der Waals surface area (Å²) < 4.78 is 0. The second-order valence-corrected chi connectivity index (χ2v) is 7.98. The minimum Gasteiger partial charge on any atom is -0.481 e. The Hall–Kier alpha value is -2.37. The number of nitrogens with zero attached hydrogens (tertiary/aromatic N) is 1. The van der Waals surface area contributed by atoms with Gasteiger partial charge in [0, 0.05) is 30.3 Å². The average Bonchev–Trinajstić information content (AvgIpc) is 3.15. The average molecular weight is 358 g/mol. The molecule has 6 heteroatoms. The third-order valence-electron chi connectivity index (χ3n) is 5.94. The smallest absolute Gasteiger partial charge is 0.311 e. The number of carbonyl (C=O) groups is 3. The number of hydrogen-bond donors (Lipinski definition) is 2. The van der Waals surface area contributed by atoms with Gasteiger partial charge in [0.05, 0.1) is 5.41 Å². The Labute approximate surface area is 153 Å². The van der Waals surface area contributed by atoms with E-state index in [1.807, 2.05) is 20.8 Å². The van der Waals surface area contributed by atoms with Gasteiger partial charge < -0.3 is 15.3 Å². The summed E-state index contributed by atoms with van der Waals surface area (Å²) in [7, 11) is 0. The Morgan fingerprint density at radius 3 is 2.54 bits per heavy atom. The summed E-state index contributed by atoms with van der Waals surface area (Å²) in [6, 6.07) is 6.88. The van der Waals surface area contributed by atoms with E-state index in [0.717, 1.165) is 6.42 Å². The SMILES string of the molecule is CC1CC1C(=O)Nc1cccc(C(=O)N2CCC(C(=O)O)(C(C)C)C2)c1. The van der Waals surface area contributed by atoms with Crippen LogP contribution in [0, 0.1) is 23.2 Å². The van der Waals surface area contributed by atoms with Gasteiger partial charge in [-0.05, 0) is 42.9 Å². The zero-order valence-electron chi connectivity index (χ0n) is 15.5. The van der Waals surface area contributed by atoms with Gasteiger partial charge in [-0.1, -0.05) is 26.8 Å². The van der Waals surface area contributed by atoms with E-state index >= 15 is 0 Å². The summed E-state index contributed by atoms with van der Waals surface area (Å²) in [5.41, 5.74) is 0.188. The minimum atomic E-state index is -0.885. The molecule has 0 spiro atoms. The fourth-order valence-corrected chi connectivity index (χ4v) is 3.73. The highest BCUT2D eigenvalue weighted by atomic mass is 16.4. The lowest BCUT2D eigenvalue weighted by Gasteiger charge is -2.28. The predicted octanol–water partition coefficient (Wildman–Crippen LogP) is 2.85. The van der Waals surface area contributed by atoms with E-state index in [1.165, 1.54) is 0 Å². The van der Waals surface area contributed by atoms with E-state index in [4.69, 9.17) is 0 Å². The number of nitrogens with one attached hydrogen (secondary N) is 1. The molecule has 1 saturated heterocycles. The lowest BCUT2D eigenvalue weighted by atomic mass is 9.76. The fraction of sp³-hybridized carbons (Fsp3) is 0.550. The molecule has 1 saturated carbocycles. The van der Waals surface area contributed by atoms with Crippen molar-refractivity contribution in [3.05, 3.63) is 29.8 Å². The topological polar surface area (TPSA) is 86.7 Å². The Morgan fingerprint density at radius 1 is 1.31 bits per heavy atom. The summed E-state index contributed by atoms with van der Waals surface area (Å²) in [6.45, 7) is 6.46. The molecule has 2 aliphatic rings. The van der Waals surface area contributed by atoms with E-state index in [0.29, 0.717) is 30.1 Å². The van der Waals surface area contributed by atoms with Crippen molar-refractivity contribution < 1.29 is 19.5 Å². The van der Waals surface area contributed by atoms with Crippen molar-refractivity contribution in [2.45, 2.75) is 33.6 Å². The standard InChI is InChI=1S/C20H26N2O4/c1-12(2)20(19(25)26)7-8-22(11-20)18(24)14-5-4-6-15(10-14)21-17(23)16-9-13(16)3/h4-6,10,12-13,16H,7-9,11H2,1-3H3,(H,21,23)(H,25,26). The maximum atomic E-state index is 12.8. The largest absolute Gasteiger partial charge is 0.481 e. The Morgan fingerprint density at radius 2 is 2.00 bits per heavy atom. The molecule has 0 aromatic heterocycles. The van der Waals surface area contributed by atoms with Crippen molar-refractivity contribution in [1.82, 2.24) is 4.90 Å². The zero-order chi connectivity index (χ0) is 19.1. The summed E-state index contributed by atoms with van der Waals surface area (Å²) in [6.07, 6.45) is 1.37. The molecule has 1 aliphatic carbocycles. The highest BCUT2D eigenvalue weighted by Gasteiger charge is 2.48. The van der Waals surface area contributed by atoms with Crippen LogP contribution in [0.25, 0.3) is 0 Å². The summed E-state index contributed by atoms with van der Waals surface area (Å²) in [4.78, 5) is 38.3. The summed E-state index contributed by atoms with van der Waals surface area (Å²) >= 11 is 0. The van der Waals surface area contributed by atoms with E-state index in [9.17, 15) is 19.5 Å². The van der Waals surface area contributed by atoms with Crippen LogP contribution in [0.2, 0.25) is 0 Å². The third-order valence-corrected chi connectivity index (χ3v) is 5.94. The summed E-state index contributed by atoms with van der Waals surface area (Å²) in [5.74, 6) is -0.608. The number of rotatable bonds is 5. The van der Waals surface area contributed by atoms with Crippen molar-refractivity contribution in [2.24, 2.45) is 23.2 Å². The van der Waals surface area contributed by atoms with Crippen molar-refractivity contribution in [3.8, 4) is 0 Å². The highest BCUT2D eigenvalue weighted by molar-refractivity contribution is 5.98. The maximum absolute atomic E-state index is 12.8. The van der Waals surface area contributed by atoms with Crippen LogP contribution in [0.3, 0.4) is 0 Å². The molecule has 2 fully saturated rings. The van der Waals surface area contributed by atoms with E-state index < -0.39 is 11.4 Å². The van der Waals surface area contributed by atoms with Crippen LogP contribution >= 0.6 is 0 Å². The molecular weight excluding hydrogens is 332 g/mol. The zero-order valence-corrected chi connectivity index (χ0v) is 15.5. The second kappa shape index (κ2) is 6.74. The van der Waals surface area contributed by atoms with Gasteiger partial charge in [-0.3, -0.25) is 14.4 Å². The first-order chi connectivity index (χ1) is 12.2. The monoisotopic (exact) mass is 358 g/mol. The number of carboxylic acid groups (broad SMARTS) is 1. The number of aliphatic carboxylic acids is 1. The fourth-order valence-electron chi connectivity index (χ4n) is 3.73. The first-order valence-corrected chi connectivity index (χ1v) is 9.18. The van der Waals surface area contributed by atoms with Crippen LogP contribution < -0.4 is 5.32 Å². The molecule has 140 valence electrons. The molecule has 3 atom stereocenters. The van der Waals surface area contributed by atoms with Gasteiger partial charge >= 0.3 is 5.97 Å². The van der Waals surface area contributed by atoms with Gasteiger partial charge in [0.15, 0.2) is 0 Å². The number of carboxylic acids is 1. The first kappa shape index (κ1) is 18.4. The van der Waals surface area contributed by atoms with Gasteiger partial charge in [0.2, 0.25) is 5.91 Å². The summed E-state index contributed by atoms with van der Waals surface area (Å²) in [5, 5.41) is 12.5. The molecule has 1 aromatic rings. The third kappa shape index (κ3) is 3.32. The Balaban J connectivity index is 1.71. The molecule has 0 bridgehead atoms. The molecular formula is C20H26N2O4. The molecule has 2 amide bonds. The molecule has 6 nitrogen and oxygen atoms in total. The number of anilines is 1. The number of carbonyl (C=O) groups excluding carboxylic acids is 2. The van der Waals surface area contributed by atoms with Gasteiger partial charge in [-0.15, -0.1) is 0 Å².